The molecule has 5 heteroatoms. The quantitative estimate of drug-likeness (QED) is 0.689. The maximum atomic E-state index is 5.99. The molecule has 2 aromatic heterocycles. The molecule has 0 aliphatic carbocycles. The van der Waals surface area contributed by atoms with Crippen LogP contribution in [0.15, 0.2) is 36.7 Å². The third-order valence-corrected chi connectivity index (χ3v) is 3.05. The molecule has 19 heavy (non-hydrogen) atoms. The van der Waals surface area contributed by atoms with Crippen LogP contribution in [0, 0.1) is 6.92 Å². The van der Waals surface area contributed by atoms with Gasteiger partial charge in [-0.1, -0.05) is 0 Å². The normalized spacial score (nSPS) is 10.8. The number of rotatable bonds is 2. The van der Waals surface area contributed by atoms with E-state index in [1.807, 2.05) is 50.6 Å². The van der Waals surface area contributed by atoms with Gasteiger partial charge in [-0.25, -0.2) is 0 Å². The fraction of sp³-hybridized carbons (Fsp3) is 0.143. The van der Waals surface area contributed by atoms with Crippen LogP contribution >= 0.6 is 0 Å². The summed E-state index contributed by atoms with van der Waals surface area (Å²) >= 11 is 0. The van der Waals surface area contributed by atoms with Crippen LogP contribution < -0.4 is 11.1 Å². The van der Waals surface area contributed by atoms with E-state index in [-0.39, 0.29) is 0 Å². The number of aromatic nitrogens is 3. The number of fused-ring (bicyclic) bond motifs is 1. The average molecular weight is 253 g/mol. The van der Waals surface area contributed by atoms with Gasteiger partial charge in [-0.05, 0) is 25.1 Å². The van der Waals surface area contributed by atoms with Gasteiger partial charge < -0.3 is 11.1 Å². The van der Waals surface area contributed by atoms with Gasteiger partial charge in [0.2, 0.25) is 0 Å². The molecule has 1 aromatic carbocycles. The lowest BCUT2D eigenvalue weighted by Gasteiger charge is -2.10. The highest BCUT2D eigenvalue weighted by Gasteiger charge is 2.06. The second kappa shape index (κ2) is 4.28. The number of nitrogens with zero attached hydrogens (tertiary/aromatic N) is 3. The van der Waals surface area contributed by atoms with Crippen molar-refractivity contribution in [1.29, 1.82) is 0 Å². The lowest BCUT2D eigenvalue weighted by molar-refractivity contribution is 0.771. The Morgan fingerprint density at radius 2 is 2.05 bits per heavy atom. The van der Waals surface area contributed by atoms with E-state index >= 15 is 0 Å². The molecule has 0 bridgehead atoms. The standard InChI is InChI=1S/C14H15N5/c1-9-7-10-11(8-16-9)12(15)3-4-13(10)17-14-5-6-19(2)18-14/h3-8H,15H2,1-2H3,(H,17,18). The largest absolute Gasteiger partial charge is 0.398 e. The topological polar surface area (TPSA) is 68.8 Å². The van der Waals surface area contributed by atoms with Gasteiger partial charge in [-0.3, -0.25) is 9.67 Å². The van der Waals surface area contributed by atoms with Gasteiger partial charge in [0.05, 0.1) is 0 Å². The van der Waals surface area contributed by atoms with E-state index in [1.165, 1.54) is 0 Å². The van der Waals surface area contributed by atoms with Crippen LogP contribution in [0.1, 0.15) is 5.69 Å². The molecule has 3 N–H and O–H groups in total. The Morgan fingerprint density at radius 1 is 1.21 bits per heavy atom. The molecule has 0 unspecified atom stereocenters. The van der Waals surface area contributed by atoms with Crippen molar-refractivity contribution < 1.29 is 0 Å². The molecular formula is C14H15N5. The SMILES string of the molecule is Cc1cc2c(Nc3ccn(C)n3)ccc(N)c2cn1. The van der Waals surface area contributed by atoms with Crippen molar-refractivity contribution in [3.05, 3.63) is 42.4 Å². The number of nitrogens with one attached hydrogen (secondary N) is 1. The van der Waals surface area contributed by atoms with Crippen LogP contribution in [0.2, 0.25) is 0 Å². The summed E-state index contributed by atoms with van der Waals surface area (Å²) < 4.78 is 1.76. The molecule has 0 saturated carbocycles. The van der Waals surface area contributed by atoms with Crippen molar-refractivity contribution in [3.63, 3.8) is 0 Å². The van der Waals surface area contributed by atoms with E-state index < -0.39 is 0 Å². The van der Waals surface area contributed by atoms with Crippen LogP contribution in [0.3, 0.4) is 0 Å². The number of nitrogens with two attached hydrogens (primary N) is 1. The highest BCUT2D eigenvalue weighted by atomic mass is 15.3. The first kappa shape index (κ1) is 11.5. The summed E-state index contributed by atoms with van der Waals surface area (Å²) in [6.45, 7) is 1.97. The van der Waals surface area contributed by atoms with Crippen LogP contribution in [-0.4, -0.2) is 14.8 Å². The number of hydrogen-bond donors (Lipinski definition) is 2. The van der Waals surface area contributed by atoms with Crippen molar-refractivity contribution in [3.8, 4) is 0 Å². The highest BCUT2D eigenvalue weighted by molar-refractivity contribution is 6.01. The maximum absolute atomic E-state index is 5.99. The Labute approximate surface area is 111 Å². The van der Waals surface area contributed by atoms with Gasteiger partial charge >= 0.3 is 0 Å². The fourth-order valence-corrected chi connectivity index (χ4v) is 2.09. The molecule has 0 spiro atoms. The molecule has 5 nitrogen and oxygen atoms in total. The summed E-state index contributed by atoms with van der Waals surface area (Å²) in [5.41, 5.74) is 8.66. The summed E-state index contributed by atoms with van der Waals surface area (Å²) in [5.74, 6) is 0.808. The van der Waals surface area contributed by atoms with Crippen LogP contribution in [0.25, 0.3) is 10.8 Å². The molecule has 0 amide bonds. The Bertz CT molecular complexity index is 745. The van der Waals surface area contributed by atoms with Crippen LogP contribution in [-0.2, 0) is 7.05 Å². The lowest BCUT2D eigenvalue weighted by atomic mass is 10.1. The first-order valence-corrected chi connectivity index (χ1v) is 6.05. The Hall–Kier alpha value is -2.56. The van der Waals surface area contributed by atoms with E-state index in [4.69, 9.17) is 5.73 Å². The van der Waals surface area contributed by atoms with Gasteiger partial charge in [0, 0.05) is 53.3 Å². The number of aryl methyl sites for hydroxylation is 2. The number of anilines is 3. The highest BCUT2D eigenvalue weighted by Crippen LogP contribution is 2.29. The first-order chi connectivity index (χ1) is 9.13. The number of pyridine rings is 1. The average Bonchev–Trinajstić information content (AvgIpc) is 2.78. The lowest BCUT2D eigenvalue weighted by Crippen LogP contribution is -1.97. The zero-order valence-corrected chi connectivity index (χ0v) is 10.9. The van der Waals surface area contributed by atoms with Crippen molar-refractivity contribution in [2.45, 2.75) is 6.92 Å². The summed E-state index contributed by atoms with van der Waals surface area (Å²) in [7, 11) is 1.89. The van der Waals surface area contributed by atoms with E-state index in [1.54, 1.807) is 4.68 Å². The van der Waals surface area contributed by atoms with E-state index in [0.717, 1.165) is 33.7 Å². The van der Waals surface area contributed by atoms with Crippen molar-refractivity contribution >= 4 is 28.0 Å². The predicted molar refractivity (Wildman–Crippen MR) is 77.4 cm³/mol. The van der Waals surface area contributed by atoms with Crippen LogP contribution in [0.5, 0.6) is 0 Å². The number of nitrogen functional groups attached to an aromatic ring is 1. The summed E-state index contributed by atoms with van der Waals surface area (Å²) in [6, 6.07) is 7.80. The second-order valence-electron chi connectivity index (χ2n) is 4.57. The van der Waals surface area contributed by atoms with E-state index in [9.17, 15) is 0 Å². The summed E-state index contributed by atoms with van der Waals surface area (Å²) in [5, 5.41) is 9.63. The number of benzene rings is 1. The van der Waals surface area contributed by atoms with Gasteiger partial charge in [0.1, 0.15) is 0 Å². The molecule has 0 radical (unpaired) electrons. The van der Waals surface area contributed by atoms with Crippen LogP contribution in [0.4, 0.5) is 17.2 Å². The second-order valence-corrected chi connectivity index (χ2v) is 4.57. The molecule has 2 heterocycles. The first-order valence-electron chi connectivity index (χ1n) is 6.05. The van der Waals surface area contributed by atoms with E-state index in [0.29, 0.717) is 0 Å². The Kier molecular flexibility index (Phi) is 2.59. The molecule has 3 aromatic rings. The molecule has 3 rings (SSSR count). The van der Waals surface area contributed by atoms with Crippen molar-refractivity contribution in [1.82, 2.24) is 14.8 Å². The molecular weight excluding hydrogens is 238 g/mol. The Balaban J connectivity index is 2.13. The molecule has 0 aliphatic rings. The minimum atomic E-state index is 0.731. The van der Waals surface area contributed by atoms with Crippen molar-refractivity contribution in [2.75, 3.05) is 11.1 Å². The van der Waals surface area contributed by atoms with E-state index in [2.05, 4.69) is 15.4 Å². The van der Waals surface area contributed by atoms with Gasteiger partial charge in [-0.15, -0.1) is 0 Å². The third-order valence-electron chi connectivity index (χ3n) is 3.05. The molecule has 0 saturated heterocycles. The number of hydrogen-bond acceptors (Lipinski definition) is 4. The van der Waals surface area contributed by atoms with Gasteiger partial charge in [-0.2, -0.15) is 5.10 Å². The monoisotopic (exact) mass is 253 g/mol. The smallest absolute Gasteiger partial charge is 0.152 e. The molecule has 96 valence electrons. The minimum Gasteiger partial charge on any atom is -0.398 e. The zero-order valence-electron chi connectivity index (χ0n) is 10.9. The van der Waals surface area contributed by atoms with Crippen molar-refractivity contribution in [2.24, 2.45) is 7.05 Å². The molecule has 0 atom stereocenters. The third kappa shape index (κ3) is 2.10. The van der Waals surface area contributed by atoms with Gasteiger partial charge in [0.25, 0.3) is 0 Å². The summed E-state index contributed by atoms with van der Waals surface area (Å²) in [6.07, 6.45) is 3.71. The maximum Gasteiger partial charge on any atom is 0.152 e. The fourth-order valence-electron chi connectivity index (χ4n) is 2.09. The molecule has 0 fully saturated rings. The summed E-state index contributed by atoms with van der Waals surface area (Å²) in [4.78, 5) is 4.29. The predicted octanol–water partition coefficient (Wildman–Crippen LogP) is 2.60. The zero-order chi connectivity index (χ0) is 13.4. The Morgan fingerprint density at radius 3 is 2.79 bits per heavy atom. The van der Waals surface area contributed by atoms with Gasteiger partial charge in [0.15, 0.2) is 5.82 Å². The minimum absolute atomic E-state index is 0.731. The molecule has 0 aliphatic heterocycles.